The average molecular weight is 236 g/mol. The van der Waals surface area contributed by atoms with Gasteiger partial charge in [-0.1, -0.05) is 11.2 Å². The molecule has 0 amide bonds. The molecule has 0 saturated carbocycles. The molecule has 2 rings (SSSR count). The maximum absolute atomic E-state index is 11.2. The molecule has 0 aliphatic heterocycles. The van der Waals surface area contributed by atoms with Crippen molar-refractivity contribution in [3.8, 4) is 0 Å². The van der Waals surface area contributed by atoms with Gasteiger partial charge in [-0.15, -0.1) is 11.3 Å². The maximum atomic E-state index is 11.2. The Morgan fingerprint density at radius 1 is 1.44 bits per heavy atom. The predicted molar refractivity (Wildman–Crippen MR) is 60.9 cm³/mol. The van der Waals surface area contributed by atoms with E-state index in [1.54, 1.807) is 12.1 Å². The summed E-state index contributed by atoms with van der Waals surface area (Å²) < 4.78 is 0.940. The van der Waals surface area contributed by atoms with Crippen molar-refractivity contribution >= 4 is 27.4 Å². The van der Waals surface area contributed by atoms with E-state index in [0.29, 0.717) is 4.88 Å². The third-order valence-corrected chi connectivity index (χ3v) is 3.23. The number of carbonyl (C=O) groups is 1. The van der Waals surface area contributed by atoms with Crippen molar-refractivity contribution in [2.24, 2.45) is 11.1 Å². The minimum absolute atomic E-state index is 0.127. The first-order valence-corrected chi connectivity index (χ1v) is 5.29. The zero-order chi connectivity index (χ0) is 11.5. The standard InChI is InChI=1S/C10H8N2O3S/c11-15-10(13)9-4-7-3-6(5-12-14)1-2-8(7)16-9/h1-4H,5,11H2. The first kappa shape index (κ1) is 10.7. The Balaban J connectivity index is 2.45. The number of nitrogens with zero attached hydrogens (tertiary/aromatic N) is 1. The lowest BCUT2D eigenvalue weighted by molar-refractivity contribution is 0.0509. The number of nitroso groups, excluding NO2 is 1. The van der Waals surface area contributed by atoms with Crippen molar-refractivity contribution in [2.45, 2.75) is 6.54 Å². The molecule has 0 aliphatic carbocycles. The van der Waals surface area contributed by atoms with Crippen molar-refractivity contribution in [2.75, 3.05) is 0 Å². The highest BCUT2D eigenvalue weighted by molar-refractivity contribution is 7.20. The van der Waals surface area contributed by atoms with Crippen LogP contribution in [0.1, 0.15) is 15.2 Å². The molecule has 0 bridgehead atoms. The largest absolute Gasteiger partial charge is 0.369 e. The molecule has 0 spiro atoms. The van der Waals surface area contributed by atoms with Crippen molar-refractivity contribution < 1.29 is 9.63 Å². The number of benzene rings is 1. The third kappa shape index (κ3) is 1.93. The van der Waals surface area contributed by atoms with Crippen molar-refractivity contribution in [3.63, 3.8) is 0 Å². The fraction of sp³-hybridized carbons (Fsp3) is 0.100. The van der Waals surface area contributed by atoms with Crippen molar-refractivity contribution in [1.82, 2.24) is 0 Å². The molecule has 5 nitrogen and oxygen atoms in total. The minimum atomic E-state index is -0.559. The second-order valence-electron chi connectivity index (χ2n) is 3.18. The van der Waals surface area contributed by atoms with Crippen LogP contribution < -0.4 is 5.90 Å². The summed E-state index contributed by atoms with van der Waals surface area (Å²) >= 11 is 1.29. The summed E-state index contributed by atoms with van der Waals surface area (Å²) in [6.45, 7) is 0.127. The summed E-state index contributed by atoms with van der Waals surface area (Å²) in [6.07, 6.45) is 0. The Kier molecular flexibility index (Phi) is 2.93. The number of fused-ring (bicyclic) bond motifs is 1. The van der Waals surface area contributed by atoms with Gasteiger partial charge in [-0.2, -0.15) is 10.8 Å². The lowest BCUT2D eigenvalue weighted by atomic mass is 10.1. The number of hydrogen-bond acceptors (Lipinski definition) is 6. The van der Waals surface area contributed by atoms with Crippen LogP contribution in [0.25, 0.3) is 10.1 Å². The number of carbonyl (C=O) groups excluding carboxylic acids is 1. The molecular weight excluding hydrogens is 228 g/mol. The molecule has 1 aromatic carbocycles. The van der Waals surface area contributed by atoms with Gasteiger partial charge in [0, 0.05) is 4.70 Å². The van der Waals surface area contributed by atoms with Gasteiger partial charge in [0.05, 0.1) is 0 Å². The Morgan fingerprint density at radius 2 is 2.25 bits per heavy atom. The molecular formula is C10H8N2O3S. The van der Waals surface area contributed by atoms with Crippen molar-refractivity contribution in [3.05, 3.63) is 39.6 Å². The third-order valence-electron chi connectivity index (χ3n) is 2.14. The van der Waals surface area contributed by atoms with E-state index in [1.165, 1.54) is 11.3 Å². The molecule has 2 aromatic rings. The molecule has 0 atom stereocenters. The lowest BCUT2D eigenvalue weighted by Gasteiger charge is -1.93. The Labute approximate surface area is 94.7 Å². The monoisotopic (exact) mass is 236 g/mol. The second kappa shape index (κ2) is 4.38. The van der Waals surface area contributed by atoms with Crippen LogP contribution in [0.3, 0.4) is 0 Å². The van der Waals surface area contributed by atoms with Gasteiger partial charge in [-0.05, 0) is 29.1 Å². The topological polar surface area (TPSA) is 81.8 Å². The molecule has 1 heterocycles. The van der Waals surface area contributed by atoms with Crippen LogP contribution in [-0.2, 0) is 11.4 Å². The van der Waals surface area contributed by atoms with Crippen LogP contribution in [0.2, 0.25) is 0 Å². The van der Waals surface area contributed by atoms with Crippen LogP contribution in [0.4, 0.5) is 0 Å². The highest BCUT2D eigenvalue weighted by Crippen LogP contribution is 2.27. The maximum Gasteiger partial charge on any atom is 0.366 e. The Morgan fingerprint density at radius 3 is 2.94 bits per heavy atom. The molecule has 0 radical (unpaired) electrons. The zero-order valence-electron chi connectivity index (χ0n) is 8.17. The highest BCUT2D eigenvalue weighted by atomic mass is 32.1. The van der Waals surface area contributed by atoms with Crippen LogP contribution >= 0.6 is 11.3 Å². The SMILES string of the molecule is NOC(=O)c1cc2cc(CN=O)ccc2s1. The lowest BCUT2D eigenvalue weighted by Crippen LogP contribution is -2.07. The van der Waals surface area contributed by atoms with Crippen molar-refractivity contribution in [1.29, 1.82) is 0 Å². The average Bonchev–Trinajstić information content (AvgIpc) is 2.71. The van der Waals surface area contributed by atoms with Gasteiger partial charge in [-0.25, -0.2) is 4.79 Å². The molecule has 0 aliphatic rings. The summed E-state index contributed by atoms with van der Waals surface area (Å²) in [5.74, 6) is 4.25. The Hall–Kier alpha value is -1.79. The van der Waals surface area contributed by atoms with Gasteiger partial charge >= 0.3 is 5.97 Å². The molecule has 82 valence electrons. The van der Waals surface area contributed by atoms with E-state index in [0.717, 1.165) is 15.6 Å². The minimum Gasteiger partial charge on any atom is -0.369 e. The molecule has 0 fully saturated rings. The molecule has 16 heavy (non-hydrogen) atoms. The summed E-state index contributed by atoms with van der Waals surface area (Å²) in [4.78, 5) is 25.9. The number of rotatable bonds is 3. The zero-order valence-corrected chi connectivity index (χ0v) is 8.99. The van der Waals surface area contributed by atoms with Gasteiger partial charge in [-0.3, -0.25) is 0 Å². The van der Waals surface area contributed by atoms with Crippen LogP contribution in [0, 0.1) is 4.91 Å². The van der Waals surface area contributed by atoms with Gasteiger partial charge in [0.1, 0.15) is 11.4 Å². The fourth-order valence-corrected chi connectivity index (χ4v) is 2.35. The number of thiophene rings is 1. The molecule has 0 saturated heterocycles. The van der Waals surface area contributed by atoms with E-state index in [9.17, 15) is 9.70 Å². The molecule has 0 unspecified atom stereocenters. The highest BCUT2D eigenvalue weighted by Gasteiger charge is 2.10. The number of nitrogens with two attached hydrogens (primary N) is 1. The van der Waals surface area contributed by atoms with Crippen LogP contribution in [0.15, 0.2) is 29.4 Å². The van der Waals surface area contributed by atoms with Gasteiger partial charge in [0.25, 0.3) is 0 Å². The first-order valence-electron chi connectivity index (χ1n) is 4.47. The molecule has 1 aromatic heterocycles. The normalized spacial score (nSPS) is 10.3. The molecule has 2 N–H and O–H groups in total. The van der Waals surface area contributed by atoms with Crippen LogP contribution in [-0.4, -0.2) is 5.97 Å². The van der Waals surface area contributed by atoms with E-state index in [-0.39, 0.29) is 6.54 Å². The van der Waals surface area contributed by atoms with E-state index in [2.05, 4.69) is 10.0 Å². The number of hydrogen-bond donors (Lipinski definition) is 1. The van der Waals surface area contributed by atoms with E-state index < -0.39 is 5.97 Å². The van der Waals surface area contributed by atoms with Gasteiger partial charge in [0.2, 0.25) is 0 Å². The summed E-state index contributed by atoms with van der Waals surface area (Å²) in [5.41, 5.74) is 0.813. The fourth-order valence-electron chi connectivity index (χ4n) is 1.42. The van der Waals surface area contributed by atoms with E-state index in [4.69, 9.17) is 5.90 Å². The predicted octanol–water partition coefficient (Wildman–Crippen LogP) is 2.20. The summed E-state index contributed by atoms with van der Waals surface area (Å²) in [5, 5.41) is 3.69. The quantitative estimate of drug-likeness (QED) is 0.654. The summed E-state index contributed by atoms with van der Waals surface area (Å²) in [7, 11) is 0. The van der Waals surface area contributed by atoms with Gasteiger partial charge in [0.15, 0.2) is 0 Å². The van der Waals surface area contributed by atoms with E-state index >= 15 is 0 Å². The smallest absolute Gasteiger partial charge is 0.366 e. The van der Waals surface area contributed by atoms with Gasteiger partial charge < -0.3 is 4.84 Å². The van der Waals surface area contributed by atoms with E-state index in [1.807, 2.05) is 12.1 Å². The molecule has 6 heteroatoms. The Bertz CT molecular complexity index is 550. The first-order chi connectivity index (χ1) is 7.74. The summed E-state index contributed by atoms with van der Waals surface area (Å²) in [6, 6.07) is 7.15. The van der Waals surface area contributed by atoms with Crippen LogP contribution in [0.5, 0.6) is 0 Å². The second-order valence-corrected chi connectivity index (χ2v) is 4.26.